The van der Waals surface area contributed by atoms with Crippen molar-refractivity contribution in [1.82, 2.24) is 0 Å². The van der Waals surface area contributed by atoms with Gasteiger partial charge in [0.25, 0.3) is 0 Å². The normalized spacial score (nSPS) is 0. The van der Waals surface area contributed by atoms with Gasteiger partial charge in [0.1, 0.15) is 0 Å². The van der Waals surface area contributed by atoms with Crippen LogP contribution in [0, 0.1) is 0 Å². The fourth-order valence-corrected chi connectivity index (χ4v) is 0. The van der Waals surface area contributed by atoms with Crippen LogP contribution in [0.3, 0.4) is 0 Å². The molecule has 0 heterocycles. The van der Waals surface area contributed by atoms with Crippen LogP contribution in [0.15, 0.2) is 0 Å². The summed E-state index contributed by atoms with van der Waals surface area (Å²) in [4.78, 5) is 0. The first kappa shape index (κ1) is 108. The minimum Gasteiger partial charge on any atom is -2.00 e. The maximum atomic E-state index is 0. The summed E-state index contributed by atoms with van der Waals surface area (Å²) in [5.74, 6) is 0. The zero-order valence-corrected chi connectivity index (χ0v) is 10.0. The van der Waals surface area contributed by atoms with Crippen molar-refractivity contribution in [2.45, 2.75) is 0 Å². The van der Waals surface area contributed by atoms with Gasteiger partial charge >= 0.3 is 80.2 Å². The molecule has 7 heteroatoms. The van der Waals surface area contributed by atoms with E-state index >= 15 is 0 Å². The summed E-state index contributed by atoms with van der Waals surface area (Å²) in [6.45, 7) is 0. The molecule has 0 radical (unpaired) electrons. The van der Waals surface area contributed by atoms with Gasteiger partial charge in [0.15, 0.2) is 0 Å². The van der Waals surface area contributed by atoms with Crippen molar-refractivity contribution >= 4 is 0 Å². The molecule has 0 aromatic rings. The molecule has 0 aliphatic heterocycles. The van der Waals surface area contributed by atoms with E-state index in [1.165, 1.54) is 0 Å². The molecular formula is MoNa2O4. The van der Waals surface area contributed by atoms with Crippen molar-refractivity contribution in [2.24, 2.45) is 0 Å². The molecule has 0 amide bonds. The first-order valence-corrected chi connectivity index (χ1v) is 0. The summed E-state index contributed by atoms with van der Waals surface area (Å²) in [6.07, 6.45) is 0. The minimum absolute atomic E-state index is 0. The quantitative estimate of drug-likeness (QED) is 0.350. The van der Waals surface area contributed by atoms with Crippen LogP contribution in [0.2, 0.25) is 0 Å². The minimum atomic E-state index is 0. The second kappa shape index (κ2) is 75.6. The maximum Gasteiger partial charge on any atom is 6.00 e. The van der Waals surface area contributed by atoms with E-state index in [-0.39, 0.29) is 102 Å². The van der Waals surface area contributed by atoms with E-state index in [9.17, 15) is 0 Å². The van der Waals surface area contributed by atoms with Crippen LogP contribution < -0.4 is 59.1 Å². The van der Waals surface area contributed by atoms with Crippen LogP contribution in [0.25, 0.3) is 0 Å². The molecule has 0 bridgehead atoms. The Balaban J connectivity index is 0. The monoisotopic (exact) mass is 208 g/mol. The van der Waals surface area contributed by atoms with Gasteiger partial charge in [0, 0.05) is 0 Å². The number of rotatable bonds is 0. The molecule has 7 heavy (non-hydrogen) atoms. The standard InChI is InChI=1S/Mo.2Na.4O/q+6;2*+1;4*-2. The Hall–Kier alpha value is 2.53. The zero-order chi connectivity index (χ0) is 0. The predicted molar refractivity (Wildman–Crippen MR) is 2.75 cm³/mol. The van der Waals surface area contributed by atoms with Crippen LogP contribution in [-0.2, 0) is 43.0 Å². The third-order valence-electron chi connectivity index (χ3n) is 0. The molecule has 0 aromatic carbocycles. The van der Waals surface area contributed by atoms with E-state index in [0.29, 0.717) is 0 Å². The van der Waals surface area contributed by atoms with Crippen LogP contribution in [0.5, 0.6) is 0 Å². The van der Waals surface area contributed by atoms with E-state index in [4.69, 9.17) is 0 Å². The summed E-state index contributed by atoms with van der Waals surface area (Å²) in [7, 11) is 0. The molecule has 0 atom stereocenters. The molecule has 0 aliphatic rings. The van der Waals surface area contributed by atoms with Gasteiger partial charge in [-0.25, -0.2) is 0 Å². The van der Waals surface area contributed by atoms with Gasteiger partial charge < -0.3 is 21.9 Å². The molecule has 0 fully saturated rings. The molecule has 0 spiro atoms. The van der Waals surface area contributed by atoms with Gasteiger partial charge in [-0.05, 0) is 0 Å². The van der Waals surface area contributed by atoms with Crippen LogP contribution in [-0.4, -0.2) is 0 Å². The van der Waals surface area contributed by atoms with E-state index in [0.717, 1.165) is 0 Å². The molecule has 32 valence electrons. The smallest absolute Gasteiger partial charge is 2.00 e. The molecule has 0 rings (SSSR count). The van der Waals surface area contributed by atoms with E-state index in [1.807, 2.05) is 0 Å². The van der Waals surface area contributed by atoms with Crippen molar-refractivity contribution in [3.63, 3.8) is 0 Å². The van der Waals surface area contributed by atoms with E-state index < -0.39 is 0 Å². The van der Waals surface area contributed by atoms with E-state index in [2.05, 4.69) is 0 Å². The molecule has 0 saturated carbocycles. The van der Waals surface area contributed by atoms with Crippen molar-refractivity contribution in [3.8, 4) is 0 Å². The van der Waals surface area contributed by atoms with Gasteiger partial charge in [-0.3, -0.25) is 0 Å². The van der Waals surface area contributed by atoms with Crippen LogP contribution >= 0.6 is 0 Å². The maximum absolute atomic E-state index is 0. The first-order chi connectivity index (χ1) is 0. The second-order valence-corrected chi connectivity index (χ2v) is 0. The average Bonchev–Trinajstić information content (AvgIpc) is 0. The third-order valence-corrected chi connectivity index (χ3v) is 0. The topological polar surface area (TPSA) is 114 Å². The van der Waals surface area contributed by atoms with Crippen LogP contribution in [0.4, 0.5) is 0 Å². The Morgan fingerprint density at radius 2 is 0.429 bits per heavy atom. The molecule has 4 nitrogen and oxygen atoms in total. The Labute approximate surface area is 101 Å². The van der Waals surface area contributed by atoms with Crippen LogP contribution in [0.1, 0.15) is 0 Å². The molecule has 0 N–H and O–H groups in total. The van der Waals surface area contributed by atoms with Crippen molar-refractivity contribution in [3.05, 3.63) is 0 Å². The second-order valence-electron chi connectivity index (χ2n) is 0. The molecule has 0 unspecified atom stereocenters. The number of hydrogen-bond donors (Lipinski definition) is 0. The summed E-state index contributed by atoms with van der Waals surface area (Å²) in [6, 6.07) is 0. The molecule has 0 saturated heterocycles. The van der Waals surface area contributed by atoms with Gasteiger partial charge in [0.05, 0.1) is 0 Å². The van der Waals surface area contributed by atoms with Gasteiger partial charge in [-0.2, -0.15) is 0 Å². The van der Waals surface area contributed by atoms with Gasteiger partial charge in [-0.1, -0.05) is 0 Å². The Morgan fingerprint density at radius 1 is 0.429 bits per heavy atom. The van der Waals surface area contributed by atoms with Gasteiger partial charge in [0.2, 0.25) is 0 Å². The van der Waals surface area contributed by atoms with Crippen molar-refractivity contribution in [1.29, 1.82) is 0 Å². The summed E-state index contributed by atoms with van der Waals surface area (Å²) >= 11 is 0. The Bertz CT molecular complexity index is 9.65. The molecule has 0 aromatic heterocycles. The molecular weight excluding hydrogens is 206 g/mol. The first-order valence-electron chi connectivity index (χ1n) is 0. The fraction of sp³-hybridized carbons (Fsp3) is 0. The average molecular weight is 206 g/mol. The number of hydrogen-bond acceptors (Lipinski definition) is 0. The Kier molecular flexibility index (Phi) is 1170. The zero-order valence-electron chi connectivity index (χ0n) is 4.04. The van der Waals surface area contributed by atoms with Crippen molar-refractivity contribution < 1.29 is 102 Å². The molecule has 0 aliphatic carbocycles. The Morgan fingerprint density at radius 3 is 0.429 bits per heavy atom. The van der Waals surface area contributed by atoms with E-state index in [1.54, 1.807) is 0 Å². The summed E-state index contributed by atoms with van der Waals surface area (Å²) in [5.41, 5.74) is 0. The van der Waals surface area contributed by atoms with Gasteiger partial charge in [-0.15, -0.1) is 0 Å². The third kappa shape index (κ3) is 56.9. The largest absolute Gasteiger partial charge is 6.00 e. The summed E-state index contributed by atoms with van der Waals surface area (Å²) in [5, 5.41) is 0. The SMILES string of the molecule is [Mo+6].[Na+].[Na+].[O-2].[O-2].[O-2].[O-2]. The summed E-state index contributed by atoms with van der Waals surface area (Å²) < 4.78 is 0. The van der Waals surface area contributed by atoms with Crippen molar-refractivity contribution in [2.75, 3.05) is 0 Å². The predicted octanol–water partition coefficient (Wildman–Crippen LogP) is -6.47. The fourth-order valence-electron chi connectivity index (χ4n) is 0.